The van der Waals surface area contributed by atoms with Crippen LogP contribution in [0.4, 0.5) is 17.1 Å². The van der Waals surface area contributed by atoms with E-state index >= 15 is 0 Å². The number of aromatic nitrogens is 2. The molecule has 2 heterocycles. The topological polar surface area (TPSA) is 88.5 Å². The summed E-state index contributed by atoms with van der Waals surface area (Å²) in [6.45, 7) is 9.80. The summed E-state index contributed by atoms with van der Waals surface area (Å²) in [6.07, 6.45) is 3.91. The molecule has 0 spiro atoms. The number of amides is 1. The summed E-state index contributed by atoms with van der Waals surface area (Å²) in [6, 6.07) is 7.94. The fourth-order valence-corrected chi connectivity index (χ4v) is 6.36. The van der Waals surface area contributed by atoms with Gasteiger partial charge in [-0.15, -0.1) is 0 Å². The van der Waals surface area contributed by atoms with Crippen molar-refractivity contribution in [3.05, 3.63) is 45.8 Å². The highest BCUT2D eigenvalue weighted by Gasteiger charge is 2.56. The number of nitrogens with one attached hydrogen (secondary N) is 2. The Kier molecular flexibility index (Phi) is 6.53. The number of rotatable bonds is 6. The molecule has 3 aliphatic carbocycles. The van der Waals surface area contributed by atoms with Gasteiger partial charge in [-0.3, -0.25) is 9.59 Å². The lowest BCUT2D eigenvalue weighted by atomic mass is 9.45. The Morgan fingerprint density at radius 1 is 1.26 bits per heavy atom. The first-order valence-corrected chi connectivity index (χ1v) is 12.9. The normalized spacial score (nSPS) is 27.1. The fraction of sp³-hybridized carbons (Fsp3) is 0.577. The molecule has 2 N–H and O–H groups in total. The van der Waals surface area contributed by atoms with Gasteiger partial charge in [0.05, 0.1) is 25.1 Å². The van der Waals surface area contributed by atoms with Gasteiger partial charge >= 0.3 is 0 Å². The van der Waals surface area contributed by atoms with Crippen LogP contribution in [0.2, 0.25) is 5.02 Å². The first kappa shape index (κ1) is 24.1. The molecule has 3 saturated carbocycles. The first-order chi connectivity index (χ1) is 16.7. The number of nitrogens with zero attached hydrogens (tertiary/aromatic N) is 3. The van der Waals surface area contributed by atoms with Gasteiger partial charge in [0.1, 0.15) is 11.6 Å². The molecule has 4 atom stereocenters. The average Bonchev–Trinajstić information content (AvgIpc) is 2.85. The molecule has 1 aromatic carbocycles. The molecule has 4 aliphatic rings. The summed E-state index contributed by atoms with van der Waals surface area (Å²) < 4.78 is 6.52. The lowest BCUT2D eigenvalue weighted by Crippen LogP contribution is -2.58. The molecule has 0 unspecified atom stereocenters. The van der Waals surface area contributed by atoms with Crippen molar-refractivity contribution in [2.24, 2.45) is 23.2 Å². The maximum atomic E-state index is 12.9. The zero-order chi connectivity index (χ0) is 24.7. The van der Waals surface area contributed by atoms with Crippen LogP contribution in [0.15, 0.2) is 35.3 Å². The van der Waals surface area contributed by atoms with Crippen molar-refractivity contribution in [1.82, 2.24) is 9.78 Å². The quantitative estimate of drug-likeness (QED) is 0.627. The number of benzene rings is 1. The summed E-state index contributed by atoms with van der Waals surface area (Å²) in [4.78, 5) is 27.8. The minimum absolute atomic E-state index is 0.0767. The SMILES string of the molecule is C[C@@H]1[C@H]2C[C@@H](C[C@H]1Nc1cnn(CC(=O)Nc3cccc(N4CCOCC4)c3)c(=O)c1Cl)C2(C)C. The molecule has 35 heavy (non-hydrogen) atoms. The minimum atomic E-state index is -0.470. The van der Waals surface area contributed by atoms with Gasteiger partial charge in [-0.2, -0.15) is 5.10 Å². The Bertz CT molecular complexity index is 1160. The standard InChI is InChI=1S/C26H34ClN5O3/c1-16-20-11-17(26(20,2)3)12-21(16)30-22-14-28-32(25(34)24(22)27)15-23(33)29-18-5-4-6-19(13-18)31-7-9-35-10-8-31/h4-6,13-14,16-17,20-21,30H,7-12,15H2,1-3H3,(H,29,33)/t16-,17+,20-,21-/m1/s1. The summed E-state index contributed by atoms with van der Waals surface area (Å²) >= 11 is 6.44. The molecule has 2 bridgehead atoms. The van der Waals surface area contributed by atoms with Gasteiger partial charge in [0.25, 0.3) is 5.56 Å². The van der Waals surface area contributed by atoms with Crippen LogP contribution >= 0.6 is 11.6 Å². The summed E-state index contributed by atoms with van der Waals surface area (Å²) in [5.74, 6) is 1.53. The molecule has 1 saturated heterocycles. The number of hydrogen-bond acceptors (Lipinski definition) is 6. The van der Waals surface area contributed by atoms with E-state index < -0.39 is 5.56 Å². The van der Waals surface area contributed by atoms with E-state index in [9.17, 15) is 9.59 Å². The Morgan fingerprint density at radius 2 is 2.03 bits per heavy atom. The molecule has 188 valence electrons. The van der Waals surface area contributed by atoms with Gasteiger partial charge in [0.15, 0.2) is 0 Å². The number of anilines is 3. The Labute approximate surface area is 211 Å². The summed E-state index contributed by atoms with van der Waals surface area (Å²) in [5, 5.41) is 10.7. The third-order valence-electron chi connectivity index (χ3n) is 8.48. The second-order valence-corrected chi connectivity index (χ2v) is 11.1. The molecule has 1 aromatic heterocycles. The number of fused-ring (bicyclic) bond motifs is 2. The van der Waals surface area contributed by atoms with Crippen LogP contribution in [0.25, 0.3) is 0 Å². The summed E-state index contributed by atoms with van der Waals surface area (Å²) in [5.41, 5.74) is 2.16. The maximum Gasteiger partial charge on any atom is 0.288 e. The van der Waals surface area contributed by atoms with E-state index in [-0.39, 0.29) is 23.5 Å². The predicted molar refractivity (Wildman–Crippen MR) is 138 cm³/mol. The van der Waals surface area contributed by atoms with Gasteiger partial charge < -0.3 is 20.3 Å². The lowest BCUT2D eigenvalue weighted by Gasteiger charge is -2.62. The van der Waals surface area contributed by atoms with Gasteiger partial charge in [0.2, 0.25) is 5.91 Å². The highest BCUT2D eigenvalue weighted by molar-refractivity contribution is 6.32. The van der Waals surface area contributed by atoms with Crippen LogP contribution in [-0.2, 0) is 16.1 Å². The number of hydrogen-bond donors (Lipinski definition) is 2. The smallest absolute Gasteiger partial charge is 0.288 e. The second kappa shape index (κ2) is 9.47. The zero-order valence-electron chi connectivity index (χ0n) is 20.6. The molecule has 0 radical (unpaired) electrons. The largest absolute Gasteiger partial charge is 0.379 e. The van der Waals surface area contributed by atoms with Crippen LogP contribution in [0, 0.1) is 23.2 Å². The zero-order valence-corrected chi connectivity index (χ0v) is 21.3. The fourth-order valence-electron chi connectivity index (χ4n) is 6.16. The Balaban J connectivity index is 1.22. The molecular formula is C26H34ClN5O3. The van der Waals surface area contributed by atoms with Crippen molar-refractivity contribution < 1.29 is 9.53 Å². The second-order valence-electron chi connectivity index (χ2n) is 10.7. The third kappa shape index (κ3) is 4.66. The van der Waals surface area contributed by atoms with E-state index in [2.05, 4.69) is 41.4 Å². The highest BCUT2D eigenvalue weighted by atomic mass is 35.5. The van der Waals surface area contributed by atoms with E-state index in [1.54, 1.807) is 6.20 Å². The summed E-state index contributed by atoms with van der Waals surface area (Å²) in [7, 11) is 0. The molecule has 9 heteroatoms. The Hall–Kier alpha value is -2.58. The van der Waals surface area contributed by atoms with Crippen molar-refractivity contribution in [2.75, 3.05) is 41.8 Å². The van der Waals surface area contributed by atoms with Crippen molar-refractivity contribution in [2.45, 2.75) is 46.2 Å². The van der Waals surface area contributed by atoms with Crippen LogP contribution in [0.1, 0.15) is 33.6 Å². The molecule has 4 fully saturated rings. The van der Waals surface area contributed by atoms with Crippen molar-refractivity contribution >= 4 is 34.6 Å². The van der Waals surface area contributed by atoms with Gasteiger partial charge in [-0.1, -0.05) is 38.4 Å². The van der Waals surface area contributed by atoms with Crippen LogP contribution in [0.3, 0.4) is 0 Å². The molecule has 8 nitrogen and oxygen atoms in total. The Morgan fingerprint density at radius 3 is 2.74 bits per heavy atom. The molecule has 1 aliphatic heterocycles. The van der Waals surface area contributed by atoms with Crippen LogP contribution in [0.5, 0.6) is 0 Å². The lowest BCUT2D eigenvalue weighted by molar-refractivity contribution is -0.117. The number of carbonyl (C=O) groups excluding carboxylic acids is 1. The van der Waals surface area contributed by atoms with Gasteiger partial charge in [-0.05, 0) is 54.2 Å². The van der Waals surface area contributed by atoms with E-state index in [1.807, 2.05) is 24.3 Å². The highest BCUT2D eigenvalue weighted by Crippen LogP contribution is 2.61. The average molecular weight is 500 g/mol. The van der Waals surface area contributed by atoms with Crippen LogP contribution in [-0.4, -0.2) is 48.0 Å². The number of ether oxygens (including phenoxy) is 1. The first-order valence-electron chi connectivity index (χ1n) is 12.5. The third-order valence-corrected chi connectivity index (χ3v) is 8.84. The van der Waals surface area contributed by atoms with E-state index in [1.165, 1.54) is 6.42 Å². The van der Waals surface area contributed by atoms with Crippen molar-refractivity contribution in [3.63, 3.8) is 0 Å². The van der Waals surface area contributed by atoms with Crippen molar-refractivity contribution in [1.29, 1.82) is 0 Å². The molecule has 2 aromatic rings. The number of halogens is 1. The van der Waals surface area contributed by atoms with Gasteiger partial charge in [0, 0.05) is 30.5 Å². The van der Waals surface area contributed by atoms with E-state index in [0.29, 0.717) is 47.8 Å². The molecule has 1 amide bonds. The maximum absolute atomic E-state index is 12.9. The van der Waals surface area contributed by atoms with E-state index in [0.717, 1.165) is 29.9 Å². The molecule has 6 rings (SSSR count). The predicted octanol–water partition coefficient (Wildman–Crippen LogP) is 3.85. The minimum Gasteiger partial charge on any atom is -0.379 e. The molecular weight excluding hydrogens is 466 g/mol. The van der Waals surface area contributed by atoms with E-state index in [4.69, 9.17) is 16.3 Å². The monoisotopic (exact) mass is 499 g/mol. The van der Waals surface area contributed by atoms with Crippen molar-refractivity contribution in [3.8, 4) is 0 Å². The number of morpholine rings is 1. The number of carbonyl (C=O) groups is 1. The van der Waals surface area contributed by atoms with Gasteiger partial charge in [-0.25, -0.2) is 4.68 Å². The van der Waals surface area contributed by atoms with Crippen LogP contribution < -0.4 is 21.1 Å².